The van der Waals surface area contributed by atoms with E-state index in [1.54, 1.807) is 0 Å². The van der Waals surface area contributed by atoms with Gasteiger partial charge in [-0.2, -0.15) is 0 Å². The summed E-state index contributed by atoms with van der Waals surface area (Å²) in [6.45, 7) is 18.5. The van der Waals surface area contributed by atoms with Gasteiger partial charge in [0.15, 0.2) is 14.1 Å². The fourth-order valence-corrected chi connectivity index (χ4v) is 10.6. The van der Waals surface area contributed by atoms with Crippen molar-refractivity contribution in [2.24, 2.45) is 34.5 Å². The molecular weight excluding hydrogens is 416 g/mol. The van der Waals surface area contributed by atoms with Gasteiger partial charge in [0.2, 0.25) is 0 Å². The van der Waals surface area contributed by atoms with E-state index in [0.717, 1.165) is 37.4 Å². The summed E-state index contributed by atoms with van der Waals surface area (Å²) in [4.78, 5) is 0. The maximum atomic E-state index is 6.93. The molecule has 32 heavy (non-hydrogen) atoms. The SMILES string of the molecule is CC(C)(C)[Si](C)(C)O[C@H]1CC[C@]2(C)C3C(CC[C@@H]2C1)C1CCC2(OCCO2)[C@@]1(C)[C@H]1OC31. The molecule has 9 atom stereocenters. The Labute approximate surface area is 196 Å². The highest BCUT2D eigenvalue weighted by atomic mass is 28.4. The van der Waals surface area contributed by atoms with E-state index in [2.05, 4.69) is 47.7 Å². The van der Waals surface area contributed by atoms with Crippen LogP contribution in [0.25, 0.3) is 0 Å². The molecule has 6 fully saturated rings. The molecule has 0 amide bonds. The summed E-state index contributed by atoms with van der Waals surface area (Å²) >= 11 is 0. The van der Waals surface area contributed by atoms with Crippen LogP contribution < -0.4 is 0 Å². The maximum Gasteiger partial charge on any atom is 0.192 e. The Kier molecular flexibility index (Phi) is 4.81. The highest BCUT2D eigenvalue weighted by molar-refractivity contribution is 6.74. The lowest BCUT2D eigenvalue weighted by atomic mass is 9.45. The van der Waals surface area contributed by atoms with Gasteiger partial charge >= 0.3 is 0 Å². The quantitative estimate of drug-likeness (QED) is 0.364. The molecule has 0 N–H and O–H groups in total. The highest BCUT2D eigenvalue weighted by Gasteiger charge is 2.78. The maximum absolute atomic E-state index is 6.93. The monoisotopic (exact) mass is 462 g/mol. The van der Waals surface area contributed by atoms with Gasteiger partial charge in [0, 0.05) is 12.5 Å². The zero-order valence-electron chi connectivity index (χ0n) is 21.5. The van der Waals surface area contributed by atoms with Gasteiger partial charge in [-0.1, -0.05) is 34.6 Å². The molecule has 0 radical (unpaired) electrons. The molecule has 2 heterocycles. The van der Waals surface area contributed by atoms with E-state index < -0.39 is 8.32 Å². The van der Waals surface area contributed by atoms with Crippen LogP contribution >= 0.6 is 0 Å². The zero-order valence-corrected chi connectivity index (χ0v) is 22.5. The summed E-state index contributed by atoms with van der Waals surface area (Å²) in [6, 6.07) is 0. The minimum Gasteiger partial charge on any atom is -0.414 e. The van der Waals surface area contributed by atoms with Crippen LogP contribution in [0.5, 0.6) is 0 Å². The second-order valence-corrected chi connectivity index (χ2v) is 18.9. The molecule has 0 aromatic heterocycles. The van der Waals surface area contributed by atoms with Crippen LogP contribution in [0.2, 0.25) is 18.1 Å². The van der Waals surface area contributed by atoms with Crippen molar-refractivity contribution in [3.05, 3.63) is 0 Å². The van der Waals surface area contributed by atoms with Crippen molar-refractivity contribution in [2.75, 3.05) is 13.2 Å². The predicted octanol–water partition coefficient (Wildman–Crippen LogP) is 6.15. The first-order chi connectivity index (χ1) is 14.9. The minimum atomic E-state index is -1.71. The Bertz CT molecular complexity index is 770. The largest absolute Gasteiger partial charge is 0.414 e. The van der Waals surface area contributed by atoms with E-state index in [-0.39, 0.29) is 16.2 Å². The molecule has 0 aromatic rings. The van der Waals surface area contributed by atoms with Gasteiger partial charge in [-0.3, -0.25) is 0 Å². The second kappa shape index (κ2) is 6.84. The van der Waals surface area contributed by atoms with Crippen molar-refractivity contribution < 1.29 is 18.6 Å². The Morgan fingerprint density at radius 1 is 0.938 bits per heavy atom. The van der Waals surface area contributed by atoms with Gasteiger partial charge in [-0.15, -0.1) is 0 Å². The molecule has 182 valence electrons. The van der Waals surface area contributed by atoms with Crippen molar-refractivity contribution >= 4 is 8.32 Å². The van der Waals surface area contributed by atoms with Gasteiger partial charge in [0.1, 0.15) is 0 Å². The van der Waals surface area contributed by atoms with E-state index in [1.807, 2.05) is 0 Å². The third kappa shape index (κ3) is 2.81. The highest BCUT2D eigenvalue weighted by Crippen LogP contribution is 2.74. The average Bonchev–Trinajstić information content (AvgIpc) is 3.26. The lowest BCUT2D eigenvalue weighted by Crippen LogP contribution is -2.61. The number of fused-ring (bicyclic) bond motifs is 9. The molecule has 1 spiro atoms. The van der Waals surface area contributed by atoms with Crippen LogP contribution in [0, 0.1) is 34.5 Å². The van der Waals surface area contributed by atoms with Crippen LogP contribution in [0.15, 0.2) is 0 Å². The fraction of sp³-hybridized carbons (Fsp3) is 1.00. The first-order valence-electron chi connectivity index (χ1n) is 13.5. The Balaban J connectivity index is 1.23. The smallest absolute Gasteiger partial charge is 0.192 e. The second-order valence-electron chi connectivity index (χ2n) is 14.1. The minimum absolute atomic E-state index is 0.0428. The molecule has 6 rings (SSSR count). The van der Waals surface area contributed by atoms with E-state index in [0.29, 0.717) is 29.6 Å². The Morgan fingerprint density at radius 3 is 2.34 bits per heavy atom. The molecule has 2 aliphatic heterocycles. The van der Waals surface area contributed by atoms with Crippen LogP contribution in [-0.4, -0.2) is 45.6 Å². The summed E-state index contributed by atoms with van der Waals surface area (Å²) in [6.07, 6.45) is 10.1. The Hall–Kier alpha value is 0.0569. The summed E-state index contributed by atoms with van der Waals surface area (Å²) < 4.78 is 26.3. The normalized spacial score (nSPS) is 51.7. The molecular formula is C27H46O4Si. The van der Waals surface area contributed by atoms with E-state index in [9.17, 15) is 0 Å². The van der Waals surface area contributed by atoms with Gasteiger partial charge in [0.25, 0.3) is 0 Å². The van der Waals surface area contributed by atoms with Gasteiger partial charge in [-0.05, 0) is 85.7 Å². The van der Waals surface area contributed by atoms with Crippen LogP contribution in [0.4, 0.5) is 0 Å². The molecule has 5 heteroatoms. The Morgan fingerprint density at radius 2 is 1.66 bits per heavy atom. The van der Waals surface area contributed by atoms with Gasteiger partial charge in [0.05, 0.1) is 30.8 Å². The predicted molar refractivity (Wildman–Crippen MR) is 128 cm³/mol. The van der Waals surface area contributed by atoms with Crippen LogP contribution in [0.3, 0.4) is 0 Å². The molecule has 4 nitrogen and oxygen atoms in total. The molecule has 0 bridgehead atoms. The van der Waals surface area contributed by atoms with Crippen molar-refractivity contribution in [3.8, 4) is 0 Å². The molecule has 4 saturated carbocycles. The number of ether oxygens (including phenoxy) is 3. The number of hydrogen-bond donors (Lipinski definition) is 0. The summed E-state index contributed by atoms with van der Waals surface area (Å²) in [5.41, 5.74) is 0.450. The third-order valence-corrected chi connectivity index (χ3v) is 16.5. The zero-order chi connectivity index (χ0) is 22.7. The van der Waals surface area contributed by atoms with Gasteiger partial charge < -0.3 is 18.6 Å². The average molecular weight is 463 g/mol. The lowest BCUT2D eigenvalue weighted by molar-refractivity contribution is -0.242. The molecule has 4 aliphatic carbocycles. The van der Waals surface area contributed by atoms with Gasteiger partial charge in [-0.25, -0.2) is 0 Å². The summed E-state index contributed by atoms with van der Waals surface area (Å²) in [5, 5.41) is 0.289. The topological polar surface area (TPSA) is 40.2 Å². The first kappa shape index (κ1) is 22.5. The molecule has 2 saturated heterocycles. The van der Waals surface area contributed by atoms with Crippen molar-refractivity contribution in [1.82, 2.24) is 0 Å². The third-order valence-electron chi connectivity index (χ3n) is 11.9. The number of hydrogen-bond acceptors (Lipinski definition) is 4. The van der Waals surface area contributed by atoms with Crippen molar-refractivity contribution in [2.45, 2.75) is 122 Å². The summed E-state index contributed by atoms with van der Waals surface area (Å²) in [7, 11) is -1.71. The van der Waals surface area contributed by atoms with E-state index in [1.165, 1.54) is 38.5 Å². The van der Waals surface area contributed by atoms with Crippen molar-refractivity contribution in [1.29, 1.82) is 0 Å². The van der Waals surface area contributed by atoms with E-state index in [4.69, 9.17) is 18.6 Å². The molecule has 6 aliphatic rings. The first-order valence-corrected chi connectivity index (χ1v) is 16.4. The summed E-state index contributed by atoms with van der Waals surface area (Å²) in [5.74, 6) is 2.60. The molecule has 4 unspecified atom stereocenters. The lowest BCUT2D eigenvalue weighted by Gasteiger charge is -2.60. The van der Waals surface area contributed by atoms with Crippen LogP contribution in [0.1, 0.15) is 79.6 Å². The molecule has 0 aromatic carbocycles. The number of rotatable bonds is 2. The van der Waals surface area contributed by atoms with Crippen LogP contribution in [-0.2, 0) is 18.6 Å². The van der Waals surface area contributed by atoms with Crippen molar-refractivity contribution in [3.63, 3.8) is 0 Å². The van der Waals surface area contributed by atoms with E-state index >= 15 is 0 Å². The number of epoxide rings is 1. The fourth-order valence-electron chi connectivity index (χ4n) is 9.17. The standard InChI is InChI=1S/C27H46O4Si/c1-24(2,3)32(6,7)31-18-10-12-25(4)17(16-18)8-9-19-20-11-13-27(28-14-15-29-27)26(20,5)23-22(30-23)21(19)25/h17-23H,8-16H2,1-7H3/t17-,18+,19?,20?,21?,22?,23+,25+,26-/m1/s1.